The fourth-order valence-electron chi connectivity index (χ4n) is 6.64. The topological polar surface area (TPSA) is 80.8 Å². The van der Waals surface area contributed by atoms with Crippen LogP contribution in [0, 0.1) is 11.8 Å². The van der Waals surface area contributed by atoms with Gasteiger partial charge in [0.05, 0.1) is 27.4 Å². The Morgan fingerprint density at radius 1 is 0.780 bits per heavy atom. The van der Waals surface area contributed by atoms with E-state index in [2.05, 4.69) is 31.9 Å². The third-order valence-electron chi connectivity index (χ3n) is 8.36. The second kappa shape index (κ2) is 9.60. The molecule has 8 heteroatoms. The number of amides is 2. The number of hydrogen-bond acceptors (Lipinski definition) is 5. The molecular weight excluding hydrogens is 650 g/mol. The van der Waals surface area contributed by atoms with Gasteiger partial charge in [-0.05, 0) is 52.6 Å². The van der Waals surface area contributed by atoms with Crippen LogP contribution in [-0.4, -0.2) is 30.2 Å². The number of alkyl halides is 1. The van der Waals surface area contributed by atoms with Crippen molar-refractivity contribution in [2.45, 2.75) is 10.2 Å². The molecule has 202 valence electrons. The summed E-state index contributed by atoms with van der Waals surface area (Å²) in [5.74, 6) is -3.17. The van der Waals surface area contributed by atoms with Gasteiger partial charge in [0.1, 0.15) is 0 Å². The molecule has 2 atom stereocenters. The van der Waals surface area contributed by atoms with Crippen molar-refractivity contribution in [3.05, 3.63) is 135 Å². The minimum Gasteiger partial charge on any atom is -0.454 e. The normalized spacial score (nSPS) is 23.6. The standard InChI is InChI=1S/C33H21Br2NO5/c34-20-14-12-18(13-15-20)26(37)17-41-32(40)19-6-5-7-21(16-19)36-30(38)28-27-22-8-1-3-10-24(22)33(35,29(28)31(36)39)25-11-4-2-9-23(25)27/h1-16,27-29H,17H2/t27?,28-,29+,33?/m0/s1. The Labute approximate surface area is 252 Å². The molecule has 1 aliphatic heterocycles. The van der Waals surface area contributed by atoms with Gasteiger partial charge < -0.3 is 4.74 Å². The molecule has 0 N–H and O–H groups in total. The fourth-order valence-corrected chi connectivity index (χ4v) is 8.11. The highest BCUT2D eigenvalue weighted by Gasteiger charge is 2.67. The molecule has 6 nitrogen and oxygen atoms in total. The number of imide groups is 1. The fraction of sp³-hybridized carbons (Fsp3) is 0.152. The van der Waals surface area contributed by atoms with Crippen molar-refractivity contribution in [1.29, 1.82) is 0 Å². The van der Waals surface area contributed by atoms with Gasteiger partial charge in [0.15, 0.2) is 12.4 Å². The molecule has 0 saturated carbocycles. The van der Waals surface area contributed by atoms with Crippen molar-refractivity contribution in [2.24, 2.45) is 11.8 Å². The number of anilines is 1. The predicted molar refractivity (Wildman–Crippen MR) is 159 cm³/mol. The average Bonchev–Trinajstić information content (AvgIpc) is 3.27. The summed E-state index contributed by atoms with van der Waals surface area (Å²) < 4.78 is 5.27. The average molecular weight is 671 g/mol. The molecule has 4 aromatic rings. The highest BCUT2D eigenvalue weighted by atomic mass is 79.9. The lowest BCUT2D eigenvalue weighted by Crippen LogP contribution is -2.50. The molecule has 0 spiro atoms. The molecule has 2 bridgehead atoms. The van der Waals surface area contributed by atoms with Crippen LogP contribution in [0.5, 0.6) is 0 Å². The Kier molecular flexibility index (Phi) is 6.10. The van der Waals surface area contributed by atoms with E-state index < -0.39 is 28.7 Å². The Balaban J connectivity index is 1.20. The Morgan fingerprint density at radius 2 is 1.41 bits per heavy atom. The Hall–Kier alpha value is -3.88. The SMILES string of the molecule is O=C(COC(=O)c1cccc(N2C(=O)[C@H]3C4c5ccccc5C(Br)(c5ccccc54)[C@H]3C2=O)c1)c1ccc(Br)cc1. The van der Waals surface area contributed by atoms with E-state index in [0.29, 0.717) is 11.3 Å². The third kappa shape index (κ3) is 3.81. The second-order valence-corrected chi connectivity index (χ2v) is 12.6. The predicted octanol–water partition coefficient (Wildman–Crippen LogP) is 6.39. The molecule has 0 aromatic heterocycles. The summed E-state index contributed by atoms with van der Waals surface area (Å²) in [7, 11) is 0. The van der Waals surface area contributed by atoms with Crippen LogP contribution in [0.25, 0.3) is 0 Å². The Morgan fingerprint density at radius 3 is 2.07 bits per heavy atom. The molecule has 1 fully saturated rings. The van der Waals surface area contributed by atoms with E-state index in [4.69, 9.17) is 4.74 Å². The van der Waals surface area contributed by atoms with Crippen LogP contribution in [0.1, 0.15) is 48.9 Å². The number of ketones is 1. The zero-order valence-corrected chi connectivity index (χ0v) is 24.6. The summed E-state index contributed by atoms with van der Waals surface area (Å²) in [6, 6.07) is 29.0. The van der Waals surface area contributed by atoms with Gasteiger partial charge in [-0.15, -0.1) is 0 Å². The van der Waals surface area contributed by atoms with Gasteiger partial charge in [0, 0.05) is 16.0 Å². The Bertz CT molecular complexity index is 1740. The van der Waals surface area contributed by atoms with Crippen LogP contribution >= 0.6 is 31.9 Å². The quantitative estimate of drug-likeness (QED) is 0.106. The molecule has 8 rings (SSSR count). The van der Waals surface area contributed by atoms with Crippen LogP contribution < -0.4 is 4.90 Å². The lowest BCUT2D eigenvalue weighted by atomic mass is 9.55. The first-order valence-electron chi connectivity index (χ1n) is 13.1. The number of nitrogens with zero attached hydrogens (tertiary/aromatic N) is 1. The number of Topliss-reactive ketones (excluding diaryl/α,β-unsaturated/α-hetero) is 1. The number of esters is 1. The zero-order chi connectivity index (χ0) is 28.5. The maximum atomic E-state index is 14.2. The highest BCUT2D eigenvalue weighted by Crippen LogP contribution is 2.66. The van der Waals surface area contributed by atoms with Gasteiger partial charge in [-0.2, -0.15) is 0 Å². The molecular formula is C33H21Br2NO5. The molecule has 0 radical (unpaired) electrons. The van der Waals surface area contributed by atoms with E-state index in [1.807, 2.05) is 48.5 Å². The van der Waals surface area contributed by atoms with E-state index in [1.54, 1.807) is 36.4 Å². The monoisotopic (exact) mass is 669 g/mol. The lowest BCUT2D eigenvalue weighted by molar-refractivity contribution is -0.122. The largest absolute Gasteiger partial charge is 0.454 e. The number of benzene rings is 4. The number of carbonyl (C=O) groups excluding carboxylic acids is 4. The first-order chi connectivity index (χ1) is 19.8. The third-order valence-corrected chi connectivity index (χ3v) is 10.2. The van der Waals surface area contributed by atoms with Gasteiger partial charge in [-0.25, -0.2) is 9.69 Å². The van der Waals surface area contributed by atoms with E-state index >= 15 is 0 Å². The zero-order valence-electron chi connectivity index (χ0n) is 21.4. The second-order valence-electron chi connectivity index (χ2n) is 10.4. The number of hydrogen-bond donors (Lipinski definition) is 0. The van der Waals surface area contributed by atoms with Gasteiger partial charge in [-0.3, -0.25) is 14.4 Å². The molecule has 41 heavy (non-hydrogen) atoms. The van der Waals surface area contributed by atoms with Gasteiger partial charge >= 0.3 is 5.97 Å². The summed E-state index contributed by atoms with van der Waals surface area (Å²) in [6.45, 7) is -0.430. The maximum Gasteiger partial charge on any atom is 0.338 e. The van der Waals surface area contributed by atoms with Crippen molar-refractivity contribution in [3.8, 4) is 0 Å². The molecule has 0 unspecified atom stereocenters. The molecule has 1 heterocycles. The molecule has 4 aliphatic rings. The van der Waals surface area contributed by atoms with Crippen LogP contribution in [0.4, 0.5) is 5.69 Å². The molecule has 2 amide bonds. The van der Waals surface area contributed by atoms with Crippen LogP contribution in [0.2, 0.25) is 0 Å². The summed E-state index contributed by atoms with van der Waals surface area (Å²) in [5, 5.41) is 0. The first kappa shape index (κ1) is 26.0. The summed E-state index contributed by atoms with van der Waals surface area (Å²) in [6.07, 6.45) is 0. The van der Waals surface area contributed by atoms with Crippen molar-refractivity contribution in [1.82, 2.24) is 0 Å². The summed E-state index contributed by atoms with van der Waals surface area (Å²) >= 11 is 7.32. The summed E-state index contributed by atoms with van der Waals surface area (Å²) in [4.78, 5) is 54.8. The van der Waals surface area contributed by atoms with Gasteiger partial charge in [-0.1, -0.05) is 98.6 Å². The van der Waals surface area contributed by atoms with Gasteiger partial charge in [0.25, 0.3) is 0 Å². The minimum atomic E-state index is -0.856. The van der Waals surface area contributed by atoms with E-state index in [1.165, 1.54) is 17.0 Å². The first-order valence-corrected chi connectivity index (χ1v) is 14.7. The number of carbonyl (C=O) groups is 4. The molecule has 1 saturated heterocycles. The molecule has 3 aliphatic carbocycles. The van der Waals surface area contributed by atoms with Crippen molar-refractivity contribution >= 4 is 61.1 Å². The lowest BCUT2D eigenvalue weighted by Gasteiger charge is -2.51. The van der Waals surface area contributed by atoms with E-state index in [-0.39, 0.29) is 29.1 Å². The molecule has 4 aromatic carbocycles. The van der Waals surface area contributed by atoms with Crippen molar-refractivity contribution in [3.63, 3.8) is 0 Å². The van der Waals surface area contributed by atoms with Crippen molar-refractivity contribution in [2.75, 3.05) is 11.5 Å². The maximum absolute atomic E-state index is 14.2. The summed E-state index contributed by atoms with van der Waals surface area (Å²) in [5.41, 5.74) is 4.95. The van der Waals surface area contributed by atoms with E-state index in [9.17, 15) is 19.2 Å². The van der Waals surface area contributed by atoms with E-state index in [0.717, 1.165) is 26.7 Å². The number of halogens is 2. The van der Waals surface area contributed by atoms with Crippen LogP contribution in [-0.2, 0) is 18.7 Å². The highest BCUT2D eigenvalue weighted by molar-refractivity contribution is 9.10. The number of rotatable bonds is 5. The smallest absolute Gasteiger partial charge is 0.338 e. The number of ether oxygens (including phenoxy) is 1. The van der Waals surface area contributed by atoms with Crippen molar-refractivity contribution < 1.29 is 23.9 Å². The van der Waals surface area contributed by atoms with Crippen LogP contribution in [0.15, 0.2) is 102 Å². The minimum absolute atomic E-state index is 0.143. The van der Waals surface area contributed by atoms with Crippen LogP contribution in [0.3, 0.4) is 0 Å². The van der Waals surface area contributed by atoms with Gasteiger partial charge in [0.2, 0.25) is 11.8 Å².